The van der Waals surface area contributed by atoms with Crippen LogP contribution in [0.25, 0.3) is 0 Å². The number of hydrazone groups is 1. The number of para-hydroxylation sites is 1. The summed E-state index contributed by atoms with van der Waals surface area (Å²) >= 11 is 0. The predicted octanol–water partition coefficient (Wildman–Crippen LogP) is 4.11. The molecule has 31 heavy (non-hydrogen) atoms. The molecule has 0 radical (unpaired) electrons. The lowest BCUT2D eigenvalue weighted by atomic mass is 9.97. The average molecular weight is 422 g/mol. The molecule has 1 fully saturated rings. The fourth-order valence-electron chi connectivity index (χ4n) is 4.39. The van der Waals surface area contributed by atoms with Crippen LogP contribution in [-0.2, 0) is 4.79 Å². The highest BCUT2D eigenvalue weighted by Gasteiger charge is 2.35. The minimum absolute atomic E-state index is 0.0309. The van der Waals surface area contributed by atoms with Gasteiger partial charge in [0.25, 0.3) is 5.91 Å². The zero-order chi connectivity index (χ0) is 21.8. The summed E-state index contributed by atoms with van der Waals surface area (Å²) in [6.07, 6.45) is 2.92. The summed E-state index contributed by atoms with van der Waals surface area (Å²) in [5.41, 5.74) is 2.84. The largest absolute Gasteiger partial charge is 0.497 e. The van der Waals surface area contributed by atoms with Crippen molar-refractivity contribution in [1.29, 1.82) is 0 Å². The van der Waals surface area contributed by atoms with Crippen LogP contribution in [0.15, 0.2) is 53.6 Å². The highest BCUT2D eigenvalue weighted by Crippen LogP contribution is 2.37. The molecule has 0 spiro atoms. The molecule has 2 heterocycles. The summed E-state index contributed by atoms with van der Waals surface area (Å²) < 4.78 is 11.0. The molecule has 1 atom stereocenters. The second-order valence-corrected chi connectivity index (χ2v) is 8.44. The van der Waals surface area contributed by atoms with Crippen molar-refractivity contribution < 1.29 is 14.3 Å². The second-order valence-electron chi connectivity index (χ2n) is 8.44. The number of piperidine rings is 1. The van der Waals surface area contributed by atoms with Gasteiger partial charge in [0.2, 0.25) is 0 Å². The highest BCUT2D eigenvalue weighted by atomic mass is 16.5. The summed E-state index contributed by atoms with van der Waals surface area (Å²) in [7, 11) is 3.32. The first-order valence-corrected chi connectivity index (χ1v) is 11.0. The van der Waals surface area contributed by atoms with Crippen LogP contribution in [0.3, 0.4) is 0 Å². The van der Waals surface area contributed by atoms with Crippen LogP contribution in [0, 0.1) is 5.92 Å². The van der Waals surface area contributed by atoms with Gasteiger partial charge < -0.3 is 9.47 Å². The molecule has 0 unspecified atom stereocenters. The lowest BCUT2D eigenvalue weighted by Crippen LogP contribution is -2.41. The van der Waals surface area contributed by atoms with Crippen LogP contribution in [0.5, 0.6) is 11.5 Å². The molecule has 2 aromatic rings. The quantitative estimate of drug-likeness (QED) is 0.704. The number of rotatable bonds is 6. The third-order valence-corrected chi connectivity index (χ3v) is 6.30. The maximum absolute atomic E-state index is 13.4. The number of hydrogen-bond acceptors (Lipinski definition) is 5. The molecule has 1 saturated heterocycles. The van der Waals surface area contributed by atoms with E-state index in [2.05, 4.69) is 11.8 Å². The molecule has 0 bridgehead atoms. The number of nitrogens with zero attached hydrogens (tertiary/aromatic N) is 3. The molecule has 2 aliphatic rings. The molecule has 0 aliphatic carbocycles. The topological polar surface area (TPSA) is 54.4 Å². The van der Waals surface area contributed by atoms with Gasteiger partial charge in [0.1, 0.15) is 11.5 Å². The number of carbonyl (C=O) groups is 1. The monoisotopic (exact) mass is 421 g/mol. The molecular weight excluding hydrogens is 390 g/mol. The number of hydrogen-bond donors (Lipinski definition) is 0. The van der Waals surface area contributed by atoms with E-state index >= 15 is 0 Å². The van der Waals surface area contributed by atoms with Gasteiger partial charge in [-0.1, -0.05) is 37.3 Å². The maximum atomic E-state index is 13.4. The van der Waals surface area contributed by atoms with E-state index in [1.165, 1.54) is 0 Å². The third kappa shape index (κ3) is 4.74. The van der Waals surface area contributed by atoms with E-state index in [0.717, 1.165) is 60.2 Å². The fourth-order valence-corrected chi connectivity index (χ4v) is 4.39. The lowest BCUT2D eigenvalue weighted by molar-refractivity contribution is -0.134. The molecule has 2 aliphatic heterocycles. The van der Waals surface area contributed by atoms with Crippen molar-refractivity contribution in [2.45, 2.75) is 32.2 Å². The average Bonchev–Trinajstić information content (AvgIpc) is 3.26. The molecule has 6 nitrogen and oxygen atoms in total. The van der Waals surface area contributed by atoms with Gasteiger partial charge in [0.15, 0.2) is 0 Å². The summed E-state index contributed by atoms with van der Waals surface area (Å²) in [6.45, 7) is 4.61. The first-order valence-electron chi connectivity index (χ1n) is 11.0. The summed E-state index contributed by atoms with van der Waals surface area (Å²) in [5, 5.41) is 6.48. The summed E-state index contributed by atoms with van der Waals surface area (Å²) in [4.78, 5) is 15.6. The van der Waals surface area contributed by atoms with Gasteiger partial charge in [-0.25, -0.2) is 5.01 Å². The molecule has 0 N–H and O–H groups in total. The Labute approximate surface area is 184 Å². The Morgan fingerprint density at radius 2 is 1.84 bits per heavy atom. The Kier molecular flexibility index (Phi) is 6.56. The number of amides is 1. The van der Waals surface area contributed by atoms with Gasteiger partial charge in [-0.15, -0.1) is 0 Å². The minimum atomic E-state index is -0.187. The summed E-state index contributed by atoms with van der Waals surface area (Å²) in [5.74, 6) is 2.32. The van der Waals surface area contributed by atoms with Crippen molar-refractivity contribution in [2.24, 2.45) is 11.0 Å². The molecule has 4 rings (SSSR count). The Morgan fingerprint density at radius 3 is 2.58 bits per heavy atom. The van der Waals surface area contributed by atoms with Gasteiger partial charge in [0.05, 0.1) is 32.5 Å². The standard InChI is InChI=1S/C25H31N3O3/c1-18-11-13-27(14-12-18)17-25(29)28-23(21-9-4-5-10-24(21)31-3)16-22(26-28)19-7-6-8-20(15-19)30-2/h4-10,15,18,23H,11-14,16-17H2,1-3H3/t23-/m0/s1. The number of likely N-dealkylation sites (tertiary alicyclic amines) is 1. The lowest BCUT2D eigenvalue weighted by Gasteiger charge is -2.31. The van der Waals surface area contributed by atoms with Crippen LogP contribution in [0.4, 0.5) is 0 Å². The van der Waals surface area contributed by atoms with Gasteiger partial charge in [-0.2, -0.15) is 5.10 Å². The Bertz CT molecular complexity index is 951. The van der Waals surface area contributed by atoms with Crippen molar-refractivity contribution in [2.75, 3.05) is 33.9 Å². The molecule has 164 valence electrons. The van der Waals surface area contributed by atoms with E-state index in [4.69, 9.17) is 14.6 Å². The van der Waals surface area contributed by atoms with E-state index in [0.29, 0.717) is 13.0 Å². The minimum Gasteiger partial charge on any atom is -0.497 e. The SMILES string of the molecule is COc1cccc(C2=NN(C(=O)CN3CCC(C)CC3)[C@H](c3ccccc3OC)C2)c1. The number of benzene rings is 2. The van der Waals surface area contributed by atoms with Crippen LogP contribution >= 0.6 is 0 Å². The summed E-state index contributed by atoms with van der Waals surface area (Å²) in [6, 6.07) is 15.6. The molecule has 2 aromatic carbocycles. The Balaban J connectivity index is 1.62. The van der Waals surface area contributed by atoms with Gasteiger partial charge in [-0.05, 0) is 50.0 Å². The number of ether oxygens (including phenoxy) is 2. The maximum Gasteiger partial charge on any atom is 0.257 e. The van der Waals surface area contributed by atoms with Crippen molar-refractivity contribution in [3.05, 3.63) is 59.7 Å². The first-order chi connectivity index (χ1) is 15.1. The predicted molar refractivity (Wildman–Crippen MR) is 122 cm³/mol. The van der Waals surface area contributed by atoms with Gasteiger partial charge in [-0.3, -0.25) is 9.69 Å². The van der Waals surface area contributed by atoms with Crippen molar-refractivity contribution in [3.63, 3.8) is 0 Å². The van der Waals surface area contributed by atoms with Crippen LogP contribution in [0.2, 0.25) is 0 Å². The zero-order valence-corrected chi connectivity index (χ0v) is 18.6. The first kappa shape index (κ1) is 21.4. The number of methoxy groups -OCH3 is 2. The molecule has 6 heteroatoms. The van der Waals surface area contributed by atoms with Gasteiger partial charge >= 0.3 is 0 Å². The molecule has 1 amide bonds. The molecule has 0 aromatic heterocycles. The van der Waals surface area contributed by atoms with Crippen molar-refractivity contribution >= 4 is 11.6 Å². The number of carbonyl (C=O) groups excluding carboxylic acids is 1. The van der Waals surface area contributed by atoms with Crippen molar-refractivity contribution in [1.82, 2.24) is 9.91 Å². The fraction of sp³-hybridized carbons (Fsp3) is 0.440. The smallest absolute Gasteiger partial charge is 0.257 e. The molecule has 0 saturated carbocycles. The van der Waals surface area contributed by atoms with Crippen LogP contribution in [-0.4, -0.2) is 55.4 Å². The van der Waals surface area contributed by atoms with E-state index < -0.39 is 0 Å². The normalized spacial score (nSPS) is 19.9. The Hall–Kier alpha value is -2.86. The van der Waals surface area contributed by atoms with E-state index in [9.17, 15) is 4.79 Å². The third-order valence-electron chi connectivity index (χ3n) is 6.30. The molecular formula is C25H31N3O3. The highest BCUT2D eigenvalue weighted by molar-refractivity contribution is 6.03. The Morgan fingerprint density at radius 1 is 1.06 bits per heavy atom. The van der Waals surface area contributed by atoms with Crippen LogP contribution < -0.4 is 9.47 Å². The van der Waals surface area contributed by atoms with E-state index in [1.54, 1.807) is 19.2 Å². The van der Waals surface area contributed by atoms with Crippen molar-refractivity contribution in [3.8, 4) is 11.5 Å². The zero-order valence-electron chi connectivity index (χ0n) is 18.6. The van der Waals surface area contributed by atoms with E-state index in [1.807, 2.05) is 48.5 Å². The van der Waals surface area contributed by atoms with E-state index in [-0.39, 0.29) is 11.9 Å². The van der Waals surface area contributed by atoms with Crippen LogP contribution in [0.1, 0.15) is 43.4 Å². The second kappa shape index (κ2) is 9.52. The van der Waals surface area contributed by atoms with Gasteiger partial charge in [0, 0.05) is 17.5 Å².